The number of aromatic nitrogens is 3. The minimum absolute atomic E-state index is 0.0347. The van der Waals surface area contributed by atoms with Crippen molar-refractivity contribution in [1.29, 1.82) is 0 Å². The Morgan fingerprint density at radius 2 is 1.29 bits per heavy atom. The molecule has 15 heteroatoms. The van der Waals surface area contributed by atoms with Crippen LogP contribution in [0.4, 0.5) is 17.8 Å². The zero-order valence-corrected chi connectivity index (χ0v) is 16.2. The first-order chi connectivity index (χ1) is 13.1. The maximum Gasteiger partial charge on any atom is 0.283 e. The molecule has 0 aliphatic carbocycles. The zero-order valence-electron chi connectivity index (χ0n) is 15.4. The van der Waals surface area contributed by atoms with Gasteiger partial charge in [-0.15, -0.1) is 11.6 Å². The van der Waals surface area contributed by atoms with Crippen molar-refractivity contribution in [1.82, 2.24) is 15.0 Å². The number of primary amides is 1. The minimum atomic E-state index is -0.644. The number of anilines is 3. The van der Waals surface area contributed by atoms with E-state index in [4.69, 9.17) is 48.2 Å². The summed E-state index contributed by atoms with van der Waals surface area (Å²) >= 11 is 5.61. The minimum Gasteiger partial charge on any atom is -0.376 e. The van der Waals surface area contributed by atoms with Crippen LogP contribution in [-0.2, 0) is 4.79 Å². The van der Waals surface area contributed by atoms with Crippen LogP contribution in [0, 0.1) is 5.92 Å². The molecule has 0 spiro atoms. The summed E-state index contributed by atoms with van der Waals surface area (Å²) in [5.41, 5.74) is 4.99. The van der Waals surface area contributed by atoms with E-state index in [-0.39, 0.29) is 29.1 Å². The lowest BCUT2D eigenvalue weighted by Gasteiger charge is -2.21. The molecule has 0 saturated carbocycles. The first-order valence-corrected chi connectivity index (χ1v) is 8.35. The maximum atomic E-state index is 10.4. The van der Waals surface area contributed by atoms with E-state index in [1.807, 2.05) is 6.92 Å². The van der Waals surface area contributed by atoms with E-state index in [1.54, 1.807) is 6.92 Å². The van der Waals surface area contributed by atoms with Gasteiger partial charge in [-0.2, -0.15) is 15.0 Å². The first-order valence-electron chi connectivity index (χ1n) is 7.91. The highest BCUT2D eigenvalue weighted by atomic mass is 35.5. The predicted molar refractivity (Wildman–Crippen MR) is 97.5 cm³/mol. The van der Waals surface area contributed by atoms with Gasteiger partial charge in [-0.05, 0) is 13.3 Å². The normalized spacial score (nSPS) is 12.5. The van der Waals surface area contributed by atoms with Crippen LogP contribution in [-0.4, -0.2) is 84.0 Å². The molecular formula is C13H26ClN7O7. The lowest BCUT2D eigenvalue weighted by molar-refractivity contribution is -0.121. The monoisotopic (exact) mass is 427 g/mol. The highest BCUT2D eigenvalue weighted by Gasteiger charge is 2.18. The number of hydrogen-bond donors (Lipinski definition) is 7. The third-order valence-corrected chi connectivity index (χ3v) is 3.37. The molecular weight excluding hydrogens is 402 g/mol. The van der Waals surface area contributed by atoms with Crippen LogP contribution < -0.4 is 20.8 Å². The summed E-state index contributed by atoms with van der Waals surface area (Å²) in [4.78, 5) is 23.0. The van der Waals surface area contributed by atoms with Crippen molar-refractivity contribution in [2.24, 2.45) is 11.7 Å². The highest BCUT2D eigenvalue weighted by Crippen LogP contribution is 2.16. The molecule has 8 N–H and O–H groups in total. The molecule has 0 aliphatic heterocycles. The van der Waals surface area contributed by atoms with E-state index in [2.05, 4.69) is 15.0 Å². The van der Waals surface area contributed by atoms with E-state index >= 15 is 0 Å². The molecule has 14 nitrogen and oxygen atoms in total. The number of halogens is 1. The average Bonchev–Trinajstić information content (AvgIpc) is 2.63. The Morgan fingerprint density at radius 1 is 0.929 bits per heavy atom. The third-order valence-electron chi connectivity index (χ3n) is 3.19. The number of hydrogen-bond acceptors (Lipinski definition) is 13. The summed E-state index contributed by atoms with van der Waals surface area (Å²) in [5, 5.41) is 53.2. The van der Waals surface area contributed by atoms with Gasteiger partial charge in [0.05, 0.1) is 0 Å². The Morgan fingerprint density at radius 3 is 1.50 bits per heavy atom. The lowest BCUT2D eigenvalue weighted by Crippen LogP contribution is -2.32. The average molecular weight is 428 g/mol. The Bertz CT molecular complexity index is 558. The Kier molecular flexibility index (Phi) is 12.2. The summed E-state index contributed by atoms with van der Waals surface area (Å²) < 4.78 is 0. The predicted octanol–water partition coefficient (Wildman–Crippen LogP) is -2.01. The van der Waals surface area contributed by atoms with Gasteiger partial charge in [-0.3, -0.25) is 25.0 Å². The number of carbonyl (C=O) groups is 1. The van der Waals surface area contributed by atoms with E-state index in [9.17, 15) is 4.79 Å². The molecule has 0 saturated heterocycles. The van der Waals surface area contributed by atoms with Crippen LogP contribution in [0.5, 0.6) is 0 Å². The number of amides is 1. The van der Waals surface area contributed by atoms with E-state index < -0.39 is 38.1 Å². The number of aliphatic hydroxyl groups is 4. The second kappa shape index (κ2) is 13.2. The van der Waals surface area contributed by atoms with Crippen LogP contribution >= 0.6 is 11.6 Å². The topological polar surface area (TPSA) is 213 Å². The van der Waals surface area contributed by atoms with Crippen molar-refractivity contribution in [2.45, 2.75) is 25.6 Å². The van der Waals surface area contributed by atoms with Gasteiger partial charge in [0, 0.05) is 11.3 Å². The van der Waals surface area contributed by atoms with Crippen molar-refractivity contribution in [3.05, 3.63) is 0 Å². The van der Waals surface area contributed by atoms with Gasteiger partial charge < -0.3 is 26.2 Å². The van der Waals surface area contributed by atoms with Crippen LogP contribution in [0.1, 0.15) is 20.3 Å². The summed E-state index contributed by atoms with van der Waals surface area (Å²) in [5.74, 6) is -1.58. The van der Waals surface area contributed by atoms with Crippen molar-refractivity contribution < 1.29 is 35.6 Å². The van der Waals surface area contributed by atoms with Crippen LogP contribution in [0.2, 0.25) is 0 Å². The van der Waals surface area contributed by atoms with Gasteiger partial charge in [-0.1, -0.05) is 12.2 Å². The Hall–Kier alpha value is -2.07. The Labute approximate surface area is 166 Å². The fraction of sp³-hybridized carbons (Fsp3) is 0.692. The van der Waals surface area contributed by atoms with Crippen LogP contribution in [0.3, 0.4) is 0 Å². The summed E-state index contributed by atoms with van der Waals surface area (Å²) in [6.45, 7) is 1.05. The quantitative estimate of drug-likeness (QED) is 0.122. The molecule has 28 heavy (non-hydrogen) atoms. The van der Waals surface area contributed by atoms with Gasteiger partial charge in [0.15, 0.2) is 0 Å². The number of aliphatic hydroxyl groups excluding tert-OH is 4. The van der Waals surface area contributed by atoms with Crippen molar-refractivity contribution >= 4 is 35.4 Å². The molecule has 162 valence electrons. The highest BCUT2D eigenvalue weighted by molar-refractivity contribution is 6.20. The van der Waals surface area contributed by atoms with Crippen molar-refractivity contribution in [2.75, 3.05) is 41.9 Å². The Balaban J connectivity index is 0.000000684. The summed E-state index contributed by atoms with van der Waals surface area (Å²) in [6, 6.07) is 0. The summed E-state index contributed by atoms with van der Waals surface area (Å²) in [7, 11) is 0. The van der Waals surface area contributed by atoms with Crippen LogP contribution in [0.25, 0.3) is 0 Å². The lowest BCUT2D eigenvalue weighted by atomic mass is 10.1. The molecule has 0 aliphatic rings. The molecule has 1 aromatic heterocycles. The third kappa shape index (κ3) is 8.75. The van der Waals surface area contributed by atoms with Gasteiger partial charge in [-0.25, -0.2) is 0 Å². The molecule has 1 amide bonds. The van der Waals surface area contributed by atoms with Gasteiger partial charge >= 0.3 is 0 Å². The second-order valence-corrected chi connectivity index (χ2v) is 6.24. The van der Waals surface area contributed by atoms with E-state index in [1.165, 1.54) is 0 Å². The molecule has 2 atom stereocenters. The molecule has 1 rings (SSSR count). The van der Waals surface area contributed by atoms with Crippen molar-refractivity contribution in [3.8, 4) is 0 Å². The number of rotatable bonds is 10. The number of alkyl halides is 1. The number of nitrogens with two attached hydrogens (primary N) is 1. The fourth-order valence-corrected chi connectivity index (χ4v) is 1.93. The van der Waals surface area contributed by atoms with Crippen LogP contribution in [0.15, 0.2) is 0 Å². The molecule has 2 unspecified atom stereocenters. The molecule has 0 aromatic carbocycles. The second-order valence-electron chi connectivity index (χ2n) is 5.49. The molecule has 0 bridgehead atoms. The van der Waals surface area contributed by atoms with Gasteiger partial charge in [0.1, 0.15) is 26.9 Å². The molecule has 0 fully saturated rings. The first kappa shape index (κ1) is 25.9. The maximum absolute atomic E-state index is 10.4. The molecule has 0 radical (unpaired) electrons. The number of nitrogens with zero attached hydrogens (tertiary/aromatic N) is 6. The van der Waals surface area contributed by atoms with Gasteiger partial charge in [0.2, 0.25) is 17.8 Å². The van der Waals surface area contributed by atoms with Gasteiger partial charge in [0.25, 0.3) is 5.95 Å². The largest absolute Gasteiger partial charge is 0.376 e. The standard InChI is InChI=1S/C7H14N6O6.C6H12ClNO/c14-1-11(2-15)5-8-6(12(3-16)4-17)10-7(9-5)13(18)19;1-4(6(8)9)3-5(2)7/h14-19H,1-4H2;4-5H,3H2,1-2H3,(H2,8,9). The summed E-state index contributed by atoms with van der Waals surface area (Å²) in [6.07, 6.45) is 0.664. The zero-order chi connectivity index (χ0) is 21.9. The van der Waals surface area contributed by atoms with E-state index in [0.29, 0.717) is 6.42 Å². The number of carbonyl (C=O) groups excluding carboxylic acids is 1. The molecule has 1 heterocycles. The van der Waals surface area contributed by atoms with Crippen molar-refractivity contribution in [3.63, 3.8) is 0 Å². The molecule has 1 aromatic rings. The SMILES string of the molecule is CC(Cl)CC(C)C(N)=O.OCN(CO)c1nc(N(O)O)nc(N(CO)CO)n1. The smallest absolute Gasteiger partial charge is 0.283 e. The fourth-order valence-electron chi connectivity index (χ4n) is 1.66. The van der Waals surface area contributed by atoms with E-state index in [0.717, 1.165) is 9.80 Å².